The van der Waals surface area contributed by atoms with E-state index >= 15 is 0 Å². The van der Waals surface area contributed by atoms with E-state index in [9.17, 15) is 9.90 Å². The Labute approximate surface area is 183 Å². The van der Waals surface area contributed by atoms with Crippen molar-refractivity contribution < 1.29 is 14.3 Å². The number of hydrogen-bond acceptors (Lipinski definition) is 6. The minimum absolute atomic E-state index is 0.244. The third-order valence-electron chi connectivity index (χ3n) is 6.14. The number of aliphatic hydroxyl groups is 1. The summed E-state index contributed by atoms with van der Waals surface area (Å²) in [4.78, 5) is 21.5. The summed E-state index contributed by atoms with van der Waals surface area (Å²) < 4.78 is 5.56. The Kier molecular flexibility index (Phi) is 7.17. The molecule has 0 saturated carbocycles. The van der Waals surface area contributed by atoms with Gasteiger partial charge in [-0.25, -0.2) is 4.98 Å². The zero-order valence-corrected chi connectivity index (χ0v) is 18.1. The van der Waals surface area contributed by atoms with Gasteiger partial charge >= 0.3 is 0 Å². The fourth-order valence-electron chi connectivity index (χ4n) is 4.35. The highest BCUT2D eigenvalue weighted by Crippen LogP contribution is 2.25. The van der Waals surface area contributed by atoms with Gasteiger partial charge in [-0.05, 0) is 55.4 Å². The van der Waals surface area contributed by atoms with E-state index in [-0.39, 0.29) is 12.0 Å². The van der Waals surface area contributed by atoms with Crippen molar-refractivity contribution in [1.29, 1.82) is 0 Å². The van der Waals surface area contributed by atoms with Crippen LogP contribution in [0.5, 0.6) is 0 Å². The highest BCUT2D eigenvalue weighted by Gasteiger charge is 2.21. The average molecular weight is 425 g/mol. The smallest absolute Gasteiger partial charge is 0.277 e. The van der Waals surface area contributed by atoms with Crippen LogP contribution in [0.2, 0.25) is 0 Å². The molecule has 1 amide bonds. The van der Waals surface area contributed by atoms with Crippen molar-refractivity contribution in [2.45, 2.75) is 44.8 Å². The Morgan fingerprint density at radius 1 is 1.23 bits per heavy atom. The number of fused-ring (bicyclic) bond motifs is 1. The van der Waals surface area contributed by atoms with Crippen LogP contribution in [-0.4, -0.2) is 64.6 Å². The maximum atomic E-state index is 12.6. The number of carbonyl (C=O) groups excluding carboxylic acids is 1. The van der Waals surface area contributed by atoms with E-state index in [4.69, 9.17) is 4.42 Å². The van der Waals surface area contributed by atoms with Crippen LogP contribution >= 0.6 is 0 Å². The zero-order valence-electron chi connectivity index (χ0n) is 18.1. The number of amides is 1. The quantitative estimate of drug-likeness (QED) is 0.603. The Morgan fingerprint density at radius 3 is 2.81 bits per heavy atom. The number of piperazine rings is 1. The van der Waals surface area contributed by atoms with Crippen LogP contribution in [0.25, 0.3) is 0 Å². The molecule has 0 bridgehead atoms. The molecule has 4 rings (SSSR count). The van der Waals surface area contributed by atoms with Gasteiger partial charge in [-0.1, -0.05) is 12.1 Å². The minimum Gasteiger partial charge on any atom is -0.447 e. The van der Waals surface area contributed by atoms with Gasteiger partial charge in [0.25, 0.3) is 5.91 Å². The first-order chi connectivity index (χ1) is 15.1. The summed E-state index contributed by atoms with van der Waals surface area (Å²) in [7, 11) is 0. The van der Waals surface area contributed by atoms with Gasteiger partial charge < -0.3 is 14.8 Å². The Hall–Kier alpha value is -2.48. The number of aryl methyl sites for hydroxylation is 2. The summed E-state index contributed by atoms with van der Waals surface area (Å²) in [6.45, 7) is 8.55. The third kappa shape index (κ3) is 5.81. The predicted molar refractivity (Wildman–Crippen MR) is 120 cm³/mol. The first-order valence-electron chi connectivity index (χ1n) is 11.2. The molecule has 2 heterocycles. The topological polar surface area (TPSA) is 81.8 Å². The molecule has 1 atom stereocenters. The lowest BCUT2D eigenvalue weighted by Crippen LogP contribution is -2.48. The predicted octanol–water partition coefficient (Wildman–Crippen LogP) is 2.86. The SMILES string of the molecule is C=CCCC(O)CN1CCN(Cc2nc(C(=O)Nc3ccc4c(c3)CCC4)co2)CC1. The summed E-state index contributed by atoms with van der Waals surface area (Å²) in [5.41, 5.74) is 3.82. The molecule has 2 aromatic rings. The fraction of sp³-hybridized carbons (Fsp3) is 0.500. The summed E-state index contributed by atoms with van der Waals surface area (Å²) in [5.74, 6) is 0.310. The van der Waals surface area contributed by atoms with Crippen LogP contribution in [0.1, 0.15) is 46.8 Å². The molecular weight excluding hydrogens is 392 g/mol. The Bertz CT molecular complexity index is 902. The van der Waals surface area contributed by atoms with Crippen LogP contribution in [0.15, 0.2) is 41.5 Å². The lowest BCUT2D eigenvalue weighted by atomic mass is 10.1. The number of β-amino-alcohol motifs (C(OH)–C–C–N with tert-alkyl or cyclic N) is 1. The van der Waals surface area contributed by atoms with Crippen molar-refractivity contribution in [1.82, 2.24) is 14.8 Å². The molecule has 1 saturated heterocycles. The van der Waals surface area contributed by atoms with E-state index in [0.29, 0.717) is 24.7 Å². The molecule has 0 spiro atoms. The minimum atomic E-state index is -0.303. The number of nitrogens with zero attached hydrogens (tertiary/aromatic N) is 3. The van der Waals surface area contributed by atoms with Crippen molar-refractivity contribution in [3.63, 3.8) is 0 Å². The van der Waals surface area contributed by atoms with Gasteiger partial charge in [0.2, 0.25) is 5.89 Å². The molecule has 7 heteroatoms. The molecule has 1 aromatic heterocycles. The summed E-state index contributed by atoms with van der Waals surface area (Å²) in [6, 6.07) is 6.12. The molecule has 1 fully saturated rings. The first kappa shape index (κ1) is 21.7. The van der Waals surface area contributed by atoms with Crippen LogP contribution in [0.3, 0.4) is 0 Å². The molecule has 2 N–H and O–H groups in total. The highest BCUT2D eigenvalue weighted by atomic mass is 16.3. The standard InChI is InChI=1S/C24H32N4O3/c1-2-3-7-21(29)15-27-10-12-28(13-11-27)16-23-26-22(17-31-23)24(30)25-20-9-8-18-5-4-6-19(18)14-20/h2,8-9,14,17,21,29H,1,3-7,10-13,15-16H2,(H,25,30). The zero-order chi connectivity index (χ0) is 21.6. The molecule has 1 unspecified atom stereocenters. The van der Waals surface area contributed by atoms with E-state index in [1.807, 2.05) is 12.1 Å². The fourth-order valence-corrected chi connectivity index (χ4v) is 4.35. The van der Waals surface area contributed by atoms with E-state index in [0.717, 1.165) is 57.5 Å². The number of carbonyl (C=O) groups is 1. The van der Waals surface area contributed by atoms with Crippen molar-refractivity contribution >= 4 is 11.6 Å². The maximum absolute atomic E-state index is 12.6. The van der Waals surface area contributed by atoms with Gasteiger partial charge in [0.1, 0.15) is 6.26 Å². The number of benzene rings is 1. The number of oxazole rings is 1. The molecule has 1 aromatic carbocycles. The number of hydrogen-bond donors (Lipinski definition) is 2. The van der Waals surface area contributed by atoms with E-state index < -0.39 is 0 Å². The summed E-state index contributed by atoms with van der Waals surface area (Å²) in [6.07, 6.45) is 7.97. The van der Waals surface area contributed by atoms with E-state index in [2.05, 4.69) is 38.8 Å². The average Bonchev–Trinajstić information content (AvgIpc) is 3.43. The molecule has 31 heavy (non-hydrogen) atoms. The van der Waals surface area contributed by atoms with Crippen LogP contribution in [0, 0.1) is 0 Å². The Morgan fingerprint density at radius 2 is 2.00 bits per heavy atom. The number of aliphatic hydroxyl groups excluding tert-OH is 1. The van der Waals surface area contributed by atoms with Gasteiger partial charge in [-0.3, -0.25) is 14.6 Å². The van der Waals surface area contributed by atoms with Crippen molar-refractivity contribution in [3.8, 4) is 0 Å². The number of aromatic nitrogens is 1. The van der Waals surface area contributed by atoms with Crippen molar-refractivity contribution in [3.05, 3.63) is 59.8 Å². The number of rotatable bonds is 9. The van der Waals surface area contributed by atoms with E-state index in [1.165, 1.54) is 23.8 Å². The van der Waals surface area contributed by atoms with Crippen molar-refractivity contribution in [2.75, 3.05) is 38.0 Å². The van der Waals surface area contributed by atoms with Crippen LogP contribution in [0.4, 0.5) is 5.69 Å². The number of nitrogens with one attached hydrogen (secondary N) is 1. The number of allylic oxidation sites excluding steroid dienone is 1. The first-order valence-corrected chi connectivity index (χ1v) is 11.2. The molecule has 1 aliphatic carbocycles. The third-order valence-corrected chi connectivity index (χ3v) is 6.14. The molecule has 166 valence electrons. The lowest BCUT2D eigenvalue weighted by molar-refractivity contribution is 0.0642. The largest absolute Gasteiger partial charge is 0.447 e. The molecule has 7 nitrogen and oxygen atoms in total. The molecule has 1 aliphatic heterocycles. The summed E-state index contributed by atoms with van der Waals surface area (Å²) >= 11 is 0. The molecular formula is C24H32N4O3. The van der Waals surface area contributed by atoms with Gasteiger partial charge in [-0.2, -0.15) is 0 Å². The maximum Gasteiger partial charge on any atom is 0.277 e. The second-order valence-electron chi connectivity index (χ2n) is 8.51. The van der Waals surface area contributed by atoms with Gasteiger partial charge in [0, 0.05) is 38.4 Å². The normalized spacial score (nSPS) is 18.0. The summed E-state index contributed by atoms with van der Waals surface area (Å²) in [5, 5.41) is 13.0. The second kappa shape index (κ2) is 10.2. The van der Waals surface area contributed by atoms with Crippen molar-refractivity contribution in [2.24, 2.45) is 0 Å². The highest BCUT2D eigenvalue weighted by molar-refractivity contribution is 6.02. The van der Waals surface area contributed by atoms with Gasteiger partial charge in [0.15, 0.2) is 5.69 Å². The molecule has 0 radical (unpaired) electrons. The molecule has 2 aliphatic rings. The van der Waals surface area contributed by atoms with Gasteiger partial charge in [0.05, 0.1) is 12.6 Å². The Balaban J connectivity index is 1.24. The van der Waals surface area contributed by atoms with Gasteiger partial charge in [-0.15, -0.1) is 6.58 Å². The monoisotopic (exact) mass is 424 g/mol. The van der Waals surface area contributed by atoms with Crippen LogP contribution in [-0.2, 0) is 19.4 Å². The lowest BCUT2D eigenvalue weighted by Gasteiger charge is -2.34. The number of anilines is 1. The van der Waals surface area contributed by atoms with E-state index in [1.54, 1.807) is 0 Å². The van der Waals surface area contributed by atoms with Crippen LogP contribution < -0.4 is 5.32 Å². The second-order valence-corrected chi connectivity index (χ2v) is 8.51.